The van der Waals surface area contributed by atoms with Crippen LogP contribution in [0.2, 0.25) is 0 Å². The van der Waals surface area contributed by atoms with E-state index in [1.165, 1.54) is 0 Å². The van der Waals surface area contributed by atoms with Gasteiger partial charge in [-0.2, -0.15) is 0 Å². The Bertz CT molecular complexity index is 831. The van der Waals surface area contributed by atoms with Gasteiger partial charge in [-0.3, -0.25) is 14.4 Å². The fraction of sp³-hybridized carbons (Fsp3) is 0.591. The van der Waals surface area contributed by atoms with Crippen LogP contribution in [-0.4, -0.2) is 63.5 Å². The number of thioether (sulfide) groups is 1. The number of nitrogens with one attached hydrogen (secondary N) is 2. The predicted molar refractivity (Wildman–Crippen MR) is 114 cm³/mol. The van der Waals surface area contributed by atoms with Gasteiger partial charge in [0.1, 0.15) is 6.04 Å². The van der Waals surface area contributed by atoms with E-state index >= 15 is 0 Å². The molecule has 0 saturated carbocycles. The largest absolute Gasteiger partial charge is 0.394 e. The number of amides is 3. The van der Waals surface area contributed by atoms with Crippen LogP contribution < -0.4 is 10.6 Å². The number of hydrogen-bond donors (Lipinski definition) is 3. The smallest absolute Gasteiger partial charge is 0.244 e. The summed E-state index contributed by atoms with van der Waals surface area (Å²) in [5, 5.41) is 15.7. The van der Waals surface area contributed by atoms with Crippen molar-refractivity contribution in [2.24, 2.45) is 11.8 Å². The second-order valence-electron chi connectivity index (χ2n) is 8.36. The zero-order valence-electron chi connectivity index (χ0n) is 17.3. The number of carbonyl (C=O) groups excluding carboxylic acids is 3. The molecule has 2 unspecified atom stereocenters. The van der Waals surface area contributed by atoms with E-state index in [1.807, 2.05) is 37.3 Å². The van der Waals surface area contributed by atoms with Gasteiger partial charge in [-0.05, 0) is 24.8 Å². The average Bonchev–Trinajstić information content (AvgIpc) is 3.41. The minimum atomic E-state index is -0.680. The lowest BCUT2D eigenvalue weighted by Crippen LogP contribution is -2.56. The second-order valence-corrected chi connectivity index (χ2v) is 9.97. The third-order valence-electron chi connectivity index (χ3n) is 6.92. The highest BCUT2D eigenvalue weighted by atomic mass is 32.2. The van der Waals surface area contributed by atoms with Gasteiger partial charge in [0, 0.05) is 18.8 Å². The van der Waals surface area contributed by atoms with Crippen LogP contribution in [0.15, 0.2) is 30.3 Å². The number of likely N-dealkylation sites (tertiary alicyclic amines) is 1. The number of fused-ring (bicyclic) bond motifs is 1. The van der Waals surface area contributed by atoms with Crippen molar-refractivity contribution in [1.82, 2.24) is 15.5 Å². The molecule has 0 aromatic heterocycles. The molecule has 4 rings (SSSR count). The van der Waals surface area contributed by atoms with Gasteiger partial charge in [-0.25, -0.2) is 0 Å². The number of aliphatic hydroxyl groups excluding tert-OH is 1. The Kier molecular flexibility index (Phi) is 5.81. The van der Waals surface area contributed by atoms with Crippen molar-refractivity contribution in [1.29, 1.82) is 0 Å². The number of benzene rings is 1. The molecular weight excluding hydrogens is 402 g/mol. The van der Waals surface area contributed by atoms with Crippen molar-refractivity contribution in [2.75, 3.05) is 13.7 Å². The maximum atomic E-state index is 13.6. The monoisotopic (exact) mass is 431 g/mol. The predicted octanol–water partition coefficient (Wildman–Crippen LogP) is 0.911. The van der Waals surface area contributed by atoms with E-state index in [4.69, 9.17) is 0 Å². The summed E-state index contributed by atoms with van der Waals surface area (Å²) in [5.74, 6) is -1.44. The highest BCUT2D eigenvalue weighted by Gasteiger charge is 2.74. The Labute approximate surface area is 181 Å². The molecule has 0 aliphatic carbocycles. The maximum absolute atomic E-state index is 13.6. The number of rotatable bonds is 7. The molecule has 30 heavy (non-hydrogen) atoms. The topological polar surface area (TPSA) is 98.7 Å². The summed E-state index contributed by atoms with van der Waals surface area (Å²) in [7, 11) is 1.59. The molecule has 6 atom stereocenters. The molecule has 1 spiro atoms. The number of nitrogens with zero attached hydrogens (tertiary/aromatic N) is 1. The van der Waals surface area contributed by atoms with Gasteiger partial charge in [0.25, 0.3) is 0 Å². The lowest BCUT2D eigenvalue weighted by Gasteiger charge is -2.36. The molecule has 2 bridgehead atoms. The Balaban J connectivity index is 1.67. The lowest BCUT2D eigenvalue weighted by atomic mass is 9.71. The summed E-state index contributed by atoms with van der Waals surface area (Å²) in [5.41, 5.74) is 0.983. The van der Waals surface area contributed by atoms with Crippen LogP contribution >= 0.6 is 11.8 Å². The molecule has 8 heteroatoms. The highest BCUT2D eigenvalue weighted by Crippen LogP contribution is 2.66. The zero-order chi connectivity index (χ0) is 21.5. The van der Waals surface area contributed by atoms with E-state index in [9.17, 15) is 19.5 Å². The minimum Gasteiger partial charge on any atom is -0.394 e. The van der Waals surface area contributed by atoms with Gasteiger partial charge in [0.15, 0.2) is 0 Å². The zero-order valence-corrected chi connectivity index (χ0v) is 18.2. The molecule has 3 amide bonds. The Morgan fingerprint density at radius 2 is 2.03 bits per heavy atom. The van der Waals surface area contributed by atoms with Crippen molar-refractivity contribution >= 4 is 29.5 Å². The summed E-state index contributed by atoms with van der Waals surface area (Å²) in [6.07, 6.45) is 2.10. The van der Waals surface area contributed by atoms with Gasteiger partial charge in [0.2, 0.25) is 17.7 Å². The molecular formula is C22H29N3O4S. The van der Waals surface area contributed by atoms with Crippen LogP contribution in [-0.2, 0) is 20.9 Å². The van der Waals surface area contributed by atoms with Gasteiger partial charge in [0.05, 0.1) is 29.2 Å². The molecule has 162 valence electrons. The van der Waals surface area contributed by atoms with Crippen LogP contribution in [0, 0.1) is 11.8 Å². The third kappa shape index (κ3) is 3.12. The summed E-state index contributed by atoms with van der Waals surface area (Å²) in [4.78, 5) is 41.3. The lowest BCUT2D eigenvalue weighted by molar-refractivity contribution is -0.142. The second kappa shape index (κ2) is 8.23. The van der Waals surface area contributed by atoms with E-state index in [0.717, 1.165) is 18.4 Å². The van der Waals surface area contributed by atoms with Crippen LogP contribution in [0.25, 0.3) is 0 Å². The number of hydrogen-bond acceptors (Lipinski definition) is 5. The first kappa shape index (κ1) is 21.2. The summed E-state index contributed by atoms with van der Waals surface area (Å²) in [6.45, 7) is 2.08. The van der Waals surface area contributed by atoms with E-state index in [1.54, 1.807) is 23.7 Å². The molecule has 7 nitrogen and oxygen atoms in total. The average molecular weight is 432 g/mol. The molecule has 3 heterocycles. The van der Waals surface area contributed by atoms with Gasteiger partial charge in [-0.15, -0.1) is 11.8 Å². The van der Waals surface area contributed by atoms with E-state index < -0.39 is 28.7 Å². The molecule has 0 radical (unpaired) electrons. The summed E-state index contributed by atoms with van der Waals surface area (Å²) >= 11 is 1.64. The van der Waals surface area contributed by atoms with Crippen LogP contribution in [0.1, 0.15) is 31.7 Å². The quantitative estimate of drug-likeness (QED) is 0.596. The molecule has 3 aliphatic heterocycles. The molecule has 1 aromatic carbocycles. The molecule has 3 fully saturated rings. The van der Waals surface area contributed by atoms with Crippen molar-refractivity contribution < 1.29 is 19.5 Å². The Morgan fingerprint density at radius 3 is 2.67 bits per heavy atom. The van der Waals surface area contributed by atoms with Crippen LogP contribution in [0.3, 0.4) is 0 Å². The van der Waals surface area contributed by atoms with Gasteiger partial charge >= 0.3 is 0 Å². The number of aliphatic hydroxyl groups is 1. The Morgan fingerprint density at radius 1 is 1.30 bits per heavy atom. The highest BCUT2D eigenvalue weighted by molar-refractivity contribution is 8.02. The van der Waals surface area contributed by atoms with Crippen molar-refractivity contribution in [2.45, 2.75) is 54.8 Å². The fourth-order valence-corrected chi connectivity index (χ4v) is 7.75. The van der Waals surface area contributed by atoms with Crippen molar-refractivity contribution in [3.8, 4) is 0 Å². The van der Waals surface area contributed by atoms with E-state index in [-0.39, 0.29) is 29.6 Å². The molecule has 3 aliphatic rings. The minimum absolute atomic E-state index is 0.0553. The van der Waals surface area contributed by atoms with Crippen molar-refractivity contribution in [3.63, 3.8) is 0 Å². The third-order valence-corrected chi connectivity index (χ3v) is 8.87. The fourth-order valence-electron chi connectivity index (χ4n) is 5.55. The molecule has 1 aromatic rings. The van der Waals surface area contributed by atoms with Crippen LogP contribution in [0.5, 0.6) is 0 Å². The number of carbonyl (C=O) groups is 3. The van der Waals surface area contributed by atoms with E-state index in [2.05, 4.69) is 10.6 Å². The summed E-state index contributed by atoms with van der Waals surface area (Å²) < 4.78 is -0.609. The Hall–Kier alpha value is -2.06. The van der Waals surface area contributed by atoms with Crippen molar-refractivity contribution in [3.05, 3.63) is 35.9 Å². The maximum Gasteiger partial charge on any atom is 0.244 e. The van der Waals surface area contributed by atoms with E-state index in [0.29, 0.717) is 13.0 Å². The normalized spacial score (nSPS) is 32.8. The molecule has 3 saturated heterocycles. The SMILES string of the molecule is CC[C@@H](CO)N1C(=O)[C@@H]2[C@@H](C(=O)NC)[C@H]3CCC2(S3)C1C(=O)NCc1ccccc1. The van der Waals surface area contributed by atoms with Gasteiger partial charge < -0.3 is 20.6 Å². The first-order chi connectivity index (χ1) is 14.5. The first-order valence-electron chi connectivity index (χ1n) is 10.6. The standard InChI is InChI=1S/C22H29N3O4S/c1-3-14(12-26)25-18(20(28)24-11-13-7-5-4-6-8-13)22-10-9-15(30-22)16(19(27)23-2)17(22)21(25)29/h4-8,14-18,26H,3,9-12H2,1-2H3,(H,23,27)(H,24,28)/t14-,15+,16-,17-,18?,22?/m0/s1. The first-order valence-corrected chi connectivity index (χ1v) is 11.5. The molecule has 3 N–H and O–H groups in total. The van der Waals surface area contributed by atoms with Crippen LogP contribution in [0.4, 0.5) is 0 Å². The van der Waals surface area contributed by atoms with Gasteiger partial charge in [-0.1, -0.05) is 37.3 Å². The summed E-state index contributed by atoms with van der Waals surface area (Å²) in [6, 6.07) is 8.53.